The molecule has 5 heterocycles. The lowest BCUT2D eigenvalue weighted by molar-refractivity contribution is -0.00379. The summed E-state index contributed by atoms with van der Waals surface area (Å²) in [6.45, 7) is 2.27. The van der Waals surface area contributed by atoms with Crippen molar-refractivity contribution < 1.29 is 13.6 Å². The number of carbonyl (C=O) groups excluding carboxylic acids is 1. The first-order valence-corrected chi connectivity index (χ1v) is 9.42. The molecule has 2 bridgehead atoms. The molecule has 6 rings (SSSR count). The molecule has 0 radical (unpaired) electrons. The minimum atomic E-state index is -0.835. The molecule has 4 aliphatic heterocycles. The first kappa shape index (κ1) is 16.7. The predicted octanol–water partition coefficient (Wildman–Crippen LogP) is 2.46. The summed E-state index contributed by atoms with van der Waals surface area (Å²) >= 11 is 0. The maximum Gasteiger partial charge on any atom is 0.274 e. The molecule has 140 valence electrons. The van der Waals surface area contributed by atoms with Crippen molar-refractivity contribution in [1.29, 1.82) is 0 Å². The zero-order chi connectivity index (χ0) is 18.5. The van der Waals surface area contributed by atoms with E-state index in [1.54, 1.807) is 24.3 Å². The van der Waals surface area contributed by atoms with Gasteiger partial charge in [-0.1, -0.05) is 12.1 Å². The van der Waals surface area contributed by atoms with Crippen LogP contribution >= 0.6 is 0 Å². The molecule has 2 aromatic rings. The molecule has 27 heavy (non-hydrogen) atoms. The Balaban J connectivity index is 1.56. The Morgan fingerprint density at radius 1 is 1.07 bits per heavy atom. The lowest BCUT2D eigenvalue weighted by Crippen LogP contribution is -2.60. The standard InChI is InChI=1S/C20H20F2N4O/c21-15-4-1-3-13(17(15)22)14-11-26(20(27)16-5-2-8-23-24-16)18-12-6-9-25(10-7-12)19(14)18/h1-5,8,12,14,18-19H,6-7,9-11H2/t14-,18-,19-/m1/s1. The van der Waals surface area contributed by atoms with Gasteiger partial charge in [0.2, 0.25) is 0 Å². The molecule has 0 spiro atoms. The zero-order valence-corrected chi connectivity index (χ0v) is 14.8. The molecule has 7 heteroatoms. The van der Waals surface area contributed by atoms with E-state index in [-0.39, 0.29) is 23.9 Å². The molecule has 4 aliphatic rings. The minimum absolute atomic E-state index is 0.00896. The van der Waals surface area contributed by atoms with E-state index in [2.05, 4.69) is 15.1 Å². The van der Waals surface area contributed by atoms with Crippen molar-refractivity contribution in [3.8, 4) is 0 Å². The number of carbonyl (C=O) groups is 1. The van der Waals surface area contributed by atoms with E-state index in [1.165, 1.54) is 6.20 Å². The average Bonchev–Trinajstić information content (AvgIpc) is 3.14. The van der Waals surface area contributed by atoms with Crippen LogP contribution in [0.4, 0.5) is 8.78 Å². The molecular formula is C20H20F2N4O. The second-order valence-electron chi connectivity index (χ2n) is 7.67. The maximum atomic E-state index is 14.6. The fourth-order valence-corrected chi connectivity index (χ4v) is 5.30. The smallest absolute Gasteiger partial charge is 0.274 e. The topological polar surface area (TPSA) is 49.3 Å². The molecule has 1 aromatic carbocycles. The summed E-state index contributed by atoms with van der Waals surface area (Å²) in [4.78, 5) is 17.3. The van der Waals surface area contributed by atoms with Crippen molar-refractivity contribution in [3.05, 3.63) is 59.4 Å². The van der Waals surface area contributed by atoms with Crippen LogP contribution in [0.2, 0.25) is 0 Å². The fourth-order valence-electron chi connectivity index (χ4n) is 5.30. The normalized spacial score (nSPS) is 31.8. The van der Waals surface area contributed by atoms with Gasteiger partial charge in [-0.05, 0) is 55.6 Å². The van der Waals surface area contributed by atoms with Gasteiger partial charge in [0.1, 0.15) is 0 Å². The molecule has 4 saturated heterocycles. The van der Waals surface area contributed by atoms with E-state index >= 15 is 0 Å². The summed E-state index contributed by atoms with van der Waals surface area (Å²) in [6.07, 6.45) is 3.59. The van der Waals surface area contributed by atoms with Crippen LogP contribution in [0.15, 0.2) is 36.5 Å². The average molecular weight is 370 g/mol. The van der Waals surface area contributed by atoms with Gasteiger partial charge in [0.25, 0.3) is 5.91 Å². The van der Waals surface area contributed by atoms with E-state index in [0.29, 0.717) is 23.7 Å². The molecule has 0 saturated carbocycles. The van der Waals surface area contributed by atoms with E-state index in [4.69, 9.17) is 0 Å². The largest absolute Gasteiger partial charge is 0.332 e. The summed E-state index contributed by atoms with van der Waals surface area (Å²) in [5, 5.41) is 7.78. The molecule has 0 aliphatic carbocycles. The Hall–Kier alpha value is -2.41. The monoisotopic (exact) mass is 370 g/mol. The summed E-state index contributed by atoms with van der Waals surface area (Å²) in [5.74, 6) is -1.65. The second kappa shape index (κ2) is 6.34. The van der Waals surface area contributed by atoms with Crippen molar-refractivity contribution in [2.75, 3.05) is 19.6 Å². The van der Waals surface area contributed by atoms with E-state index in [9.17, 15) is 13.6 Å². The predicted molar refractivity (Wildman–Crippen MR) is 94.0 cm³/mol. The van der Waals surface area contributed by atoms with E-state index < -0.39 is 11.6 Å². The Morgan fingerprint density at radius 3 is 2.63 bits per heavy atom. The number of nitrogens with zero attached hydrogens (tertiary/aromatic N) is 4. The Labute approximate surface area is 156 Å². The quantitative estimate of drug-likeness (QED) is 0.815. The van der Waals surface area contributed by atoms with Crippen LogP contribution in [0.1, 0.15) is 34.8 Å². The van der Waals surface area contributed by atoms with Gasteiger partial charge in [0.15, 0.2) is 17.3 Å². The van der Waals surface area contributed by atoms with E-state index in [1.807, 2.05) is 4.90 Å². The number of hydrogen-bond acceptors (Lipinski definition) is 4. The number of likely N-dealkylation sites (tertiary alicyclic amines) is 1. The highest BCUT2D eigenvalue weighted by atomic mass is 19.2. The van der Waals surface area contributed by atoms with Crippen molar-refractivity contribution in [2.45, 2.75) is 30.8 Å². The van der Waals surface area contributed by atoms with Gasteiger partial charge in [-0.2, -0.15) is 5.10 Å². The lowest BCUT2D eigenvalue weighted by atomic mass is 9.75. The van der Waals surface area contributed by atoms with Gasteiger partial charge >= 0.3 is 0 Å². The summed E-state index contributed by atoms with van der Waals surface area (Å²) in [6, 6.07) is 7.72. The van der Waals surface area contributed by atoms with Crippen molar-refractivity contribution in [3.63, 3.8) is 0 Å². The second-order valence-corrected chi connectivity index (χ2v) is 7.67. The Kier molecular flexibility index (Phi) is 3.93. The summed E-state index contributed by atoms with van der Waals surface area (Å²) in [5.41, 5.74) is 0.667. The number of amides is 1. The molecule has 0 unspecified atom stereocenters. The summed E-state index contributed by atoms with van der Waals surface area (Å²) < 4.78 is 28.5. The van der Waals surface area contributed by atoms with Crippen LogP contribution in [0.25, 0.3) is 0 Å². The van der Waals surface area contributed by atoms with Crippen molar-refractivity contribution in [2.24, 2.45) is 5.92 Å². The first-order valence-electron chi connectivity index (χ1n) is 9.42. The van der Waals surface area contributed by atoms with Gasteiger partial charge in [0.05, 0.1) is 6.04 Å². The number of benzene rings is 1. The lowest BCUT2D eigenvalue weighted by Gasteiger charge is -2.51. The van der Waals surface area contributed by atoms with Crippen LogP contribution < -0.4 is 0 Å². The van der Waals surface area contributed by atoms with Crippen LogP contribution in [0.5, 0.6) is 0 Å². The highest BCUT2D eigenvalue weighted by molar-refractivity contribution is 5.92. The molecular weight excluding hydrogens is 350 g/mol. The van der Waals surface area contributed by atoms with E-state index in [0.717, 1.165) is 32.0 Å². The molecule has 4 fully saturated rings. The molecule has 1 aromatic heterocycles. The molecule has 0 N–H and O–H groups in total. The number of aromatic nitrogens is 2. The molecule has 5 nitrogen and oxygen atoms in total. The number of fused-ring (bicyclic) bond motifs is 2. The first-order chi connectivity index (χ1) is 13.1. The zero-order valence-electron chi connectivity index (χ0n) is 14.8. The summed E-state index contributed by atoms with van der Waals surface area (Å²) in [7, 11) is 0. The number of piperidine rings is 3. The van der Waals surface area contributed by atoms with Gasteiger partial charge in [-0.25, -0.2) is 8.78 Å². The number of halogens is 2. The molecule has 3 atom stereocenters. The van der Waals surface area contributed by atoms with Crippen LogP contribution in [0.3, 0.4) is 0 Å². The van der Waals surface area contributed by atoms with Gasteiger partial charge in [0, 0.05) is 24.7 Å². The minimum Gasteiger partial charge on any atom is -0.332 e. The highest BCUT2D eigenvalue weighted by Crippen LogP contribution is 2.47. The Bertz CT molecular complexity index is 870. The van der Waals surface area contributed by atoms with Gasteiger partial charge in [-0.15, -0.1) is 5.10 Å². The third-order valence-electron chi connectivity index (χ3n) is 6.43. The number of rotatable bonds is 2. The molecule has 1 amide bonds. The third-order valence-corrected chi connectivity index (χ3v) is 6.43. The maximum absolute atomic E-state index is 14.6. The number of hydrogen-bond donors (Lipinski definition) is 0. The van der Waals surface area contributed by atoms with Gasteiger partial charge < -0.3 is 4.90 Å². The van der Waals surface area contributed by atoms with Crippen LogP contribution in [-0.2, 0) is 0 Å². The van der Waals surface area contributed by atoms with Crippen LogP contribution in [-0.4, -0.2) is 57.6 Å². The van der Waals surface area contributed by atoms with Crippen molar-refractivity contribution in [1.82, 2.24) is 20.0 Å². The fraction of sp³-hybridized carbons (Fsp3) is 0.450. The van der Waals surface area contributed by atoms with Gasteiger partial charge in [-0.3, -0.25) is 9.69 Å². The Morgan fingerprint density at radius 2 is 1.89 bits per heavy atom. The highest BCUT2D eigenvalue weighted by Gasteiger charge is 2.55. The van der Waals surface area contributed by atoms with Crippen LogP contribution in [0, 0.1) is 17.6 Å². The SMILES string of the molecule is O=C(c1cccnn1)N1C[C@H](c2cccc(F)c2F)[C@@H]2[C@H]1C1CCN2CC1. The third kappa shape index (κ3) is 2.56. The van der Waals surface area contributed by atoms with Crippen molar-refractivity contribution >= 4 is 5.91 Å².